The Morgan fingerprint density at radius 1 is 1.06 bits per heavy atom. The molecule has 0 bridgehead atoms. The first-order valence-corrected chi connectivity index (χ1v) is 11.5. The second-order valence-electron chi connectivity index (χ2n) is 8.01. The lowest BCUT2D eigenvalue weighted by molar-refractivity contribution is -0.116. The molecule has 0 spiro atoms. The molecule has 2 saturated heterocycles. The molecule has 0 atom stereocenters. The molecular formula is C23H23N5O3S. The van der Waals surface area contributed by atoms with Crippen molar-refractivity contribution in [1.29, 1.82) is 0 Å². The van der Waals surface area contributed by atoms with Gasteiger partial charge < -0.3 is 9.80 Å². The van der Waals surface area contributed by atoms with Crippen LogP contribution >= 0.6 is 11.3 Å². The van der Waals surface area contributed by atoms with E-state index in [1.165, 1.54) is 4.90 Å². The number of amides is 4. The van der Waals surface area contributed by atoms with E-state index in [-0.39, 0.29) is 30.4 Å². The number of para-hydroxylation sites is 1. The number of imide groups is 1. The Morgan fingerprint density at radius 2 is 1.81 bits per heavy atom. The van der Waals surface area contributed by atoms with E-state index in [1.54, 1.807) is 40.1 Å². The average molecular weight is 450 g/mol. The van der Waals surface area contributed by atoms with Crippen LogP contribution in [0.3, 0.4) is 0 Å². The van der Waals surface area contributed by atoms with Crippen molar-refractivity contribution >= 4 is 34.9 Å². The van der Waals surface area contributed by atoms with Gasteiger partial charge in [-0.05, 0) is 42.5 Å². The van der Waals surface area contributed by atoms with E-state index in [0.29, 0.717) is 37.3 Å². The first kappa shape index (κ1) is 20.4. The topological polar surface area (TPSA) is 78.8 Å². The molecule has 9 heteroatoms. The minimum Gasteiger partial charge on any atom is -0.337 e. The first-order chi connectivity index (χ1) is 15.5. The quantitative estimate of drug-likeness (QED) is 0.573. The molecule has 32 heavy (non-hydrogen) atoms. The highest BCUT2D eigenvalue weighted by molar-refractivity contribution is 7.13. The van der Waals surface area contributed by atoms with E-state index in [0.717, 1.165) is 10.6 Å². The van der Waals surface area contributed by atoms with Crippen LogP contribution in [0.25, 0.3) is 10.6 Å². The SMILES string of the molecule is Cn1nc(-c2cccs2)cc1C(=O)N1CCC(N2CC(=O)N(c3ccccc3)C2=O)CC1. The summed E-state index contributed by atoms with van der Waals surface area (Å²) in [5.41, 5.74) is 1.94. The highest BCUT2D eigenvalue weighted by Gasteiger charge is 2.42. The van der Waals surface area contributed by atoms with Crippen LogP contribution in [0, 0.1) is 0 Å². The second-order valence-corrected chi connectivity index (χ2v) is 8.96. The van der Waals surface area contributed by atoms with E-state index in [4.69, 9.17) is 0 Å². The molecule has 2 aliphatic rings. The fourth-order valence-electron chi connectivity index (χ4n) is 4.39. The molecule has 8 nitrogen and oxygen atoms in total. The number of aromatic nitrogens is 2. The van der Waals surface area contributed by atoms with Gasteiger partial charge >= 0.3 is 6.03 Å². The Labute approximate surface area is 189 Å². The number of likely N-dealkylation sites (tertiary alicyclic amines) is 1. The van der Waals surface area contributed by atoms with Gasteiger partial charge in [0.1, 0.15) is 17.9 Å². The minimum absolute atomic E-state index is 0.0579. The summed E-state index contributed by atoms with van der Waals surface area (Å²) in [6.07, 6.45) is 1.28. The van der Waals surface area contributed by atoms with Crippen LogP contribution in [0.5, 0.6) is 0 Å². The van der Waals surface area contributed by atoms with Crippen molar-refractivity contribution in [3.8, 4) is 10.6 Å². The van der Waals surface area contributed by atoms with E-state index in [1.807, 2.05) is 46.7 Å². The highest BCUT2D eigenvalue weighted by atomic mass is 32.1. The van der Waals surface area contributed by atoms with Crippen molar-refractivity contribution in [3.05, 3.63) is 59.6 Å². The molecule has 2 aromatic heterocycles. The zero-order chi connectivity index (χ0) is 22.2. The maximum absolute atomic E-state index is 13.1. The van der Waals surface area contributed by atoms with Gasteiger partial charge in [0, 0.05) is 26.2 Å². The molecule has 0 radical (unpaired) electrons. The van der Waals surface area contributed by atoms with Gasteiger partial charge in [-0.25, -0.2) is 9.69 Å². The monoisotopic (exact) mass is 449 g/mol. The standard InChI is InChI=1S/C23H23N5O3S/c1-25-19(14-18(24-25)20-8-5-13-32-20)22(30)26-11-9-16(10-12-26)27-15-21(29)28(23(27)31)17-6-3-2-4-7-17/h2-8,13-14,16H,9-12,15H2,1H3. The van der Waals surface area contributed by atoms with E-state index in [2.05, 4.69) is 5.10 Å². The van der Waals surface area contributed by atoms with Gasteiger partial charge in [-0.2, -0.15) is 5.10 Å². The molecule has 4 heterocycles. The molecule has 1 aromatic carbocycles. The Balaban J connectivity index is 1.24. The zero-order valence-electron chi connectivity index (χ0n) is 17.7. The third-order valence-corrected chi connectivity index (χ3v) is 6.96. The van der Waals surface area contributed by atoms with E-state index >= 15 is 0 Å². The van der Waals surface area contributed by atoms with Crippen molar-refractivity contribution in [2.75, 3.05) is 24.5 Å². The van der Waals surface area contributed by atoms with Gasteiger partial charge in [0.25, 0.3) is 11.8 Å². The lowest BCUT2D eigenvalue weighted by atomic mass is 10.0. The number of piperidine rings is 1. The Morgan fingerprint density at radius 3 is 2.50 bits per heavy atom. The number of rotatable bonds is 4. The molecule has 3 aromatic rings. The lowest BCUT2D eigenvalue weighted by Crippen LogP contribution is -2.48. The normalized spacial score (nSPS) is 17.5. The number of carbonyl (C=O) groups excluding carboxylic acids is 3. The number of anilines is 1. The van der Waals surface area contributed by atoms with Gasteiger partial charge in [0.15, 0.2) is 0 Å². The van der Waals surface area contributed by atoms with Crippen molar-refractivity contribution in [1.82, 2.24) is 19.6 Å². The number of carbonyl (C=O) groups is 3. The number of benzene rings is 1. The van der Waals surface area contributed by atoms with Crippen molar-refractivity contribution in [2.24, 2.45) is 7.05 Å². The van der Waals surface area contributed by atoms with Crippen LogP contribution in [0.4, 0.5) is 10.5 Å². The van der Waals surface area contributed by atoms with Crippen LogP contribution in [-0.4, -0.2) is 63.1 Å². The summed E-state index contributed by atoms with van der Waals surface area (Å²) >= 11 is 1.59. The number of aryl methyl sites for hydroxylation is 1. The van der Waals surface area contributed by atoms with Gasteiger partial charge in [-0.3, -0.25) is 14.3 Å². The van der Waals surface area contributed by atoms with Crippen LogP contribution < -0.4 is 4.90 Å². The summed E-state index contributed by atoms with van der Waals surface area (Å²) in [6, 6.07) is 14.4. The van der Waals surface area contributed by atoms with E-state index < -0.39 is 0 Å². The largest absolute Gasteiger partial charge is 0.337 e. The number of hydrogen-bond donors (Lipinski definition) is 0. The minimum atomic E-state index is -0.279. The predicted octanol–water partition coefficient (Wildman–Crippen LogP) is 3.22. The number of hydrogen-bond acceptors (Lipinski definition) is 5. The third-order valence-electron chi connectivity index (χ3n) is 6.07. The molecule has 0 N–H and O–H groups in total. The van der Waals surface area contributed by atoms with Gasteiger partial charge in [0.05, 0.1) is 10.6 Å². The summed E-state index contributed by atoms with van der Waals surface area (Å²) < 4.78 is 1.63. The number of thiophene rings is 1. The lowest BCUT2D eigenvalue weighted by Gasteiger charge is -2.36. The molecule has 0 aliphatic carbocycles. The van der Waals surface area contributed by atoms with Crippen LogP contribution in [-0.2, 0) is 11.8 Å². The van der Waals surface area contributed by atoms with Gasteiger partial charge in [0.2, 0.25) is 0 Å². The Bertz CT molecular complexity index is 1150. The molecule has 2 aliphatic heterocycles. The van der Waals surface area contributed by atoms with Crippen LogP contribution in [0.2, 0.25) is 0 Å². The summed E-state index contributed by atoms with van der Waals surface area (Å²) in [4.78, 5) is 44.3. The van der Waals surface area contributed by atoms with Gasteiger partial charge in [-0.1, -0.05) is 24.3 Å². The smallest absolute Gasteiger partial charge is 0.332 e. The molecule has 0 saturated carbocycles. The Kier molecular flexibility index (Phi) is 5.26. The van der Waals surface area contributed by atoms with E-state index in [9.17, 15) is 14.4 Å². The van der Waals surface area contributed by atoms with Gasteiger partial charge in [-0.15, -0.1) is 11.3 Å². The maximum atomic E-state index is 13.1. The molecule has 4 amide bonds. The molecular weight excluding hydrogens is 426 g/mol. The van der Waals surface area contributed by atoms with Crippen molar-refractivity contribution < 1.29 is 14.4 Å². The highest BCUT2D eigenvalue weighted by Crippen LogP contribution is 2.28. The fraction of sp³-hybridized carbons (Fsp3) is 0.304. The van der Waals surface area contributed by atoms with Crippen LogP contribution in [0.1, 0.15) is 23.3 Å². The molecule has 5 rings (SSSR count). The summed E-state index contributed by atoms with van der Waals surface area (Å²) in [6.45, 7) is 1.15. The Hall–Kier alpha value is -3.46. The zero-order valence-corrected chi connectivity index (χ0v) is 18.5. The third kappa shape index (κ3) is 3.58. The number of nitrogens with zero attached hydrogens (tertiary/aromatic N) is 5. The maximum Gasteiger partial charge on any atom is 0.332 e. The average Bonchev–Trinajstić information content (AvgIpc) is 3.53. The van der Waals surface area contributed by atoms with Crippen molar-refractivity contribution in [2.45, 2.75) is 18.9 Å². The summed E-state index contributed by atoms with van der Waals surface area (Å²) in [7, 11) is 1.78. The predicted molar refractivity (Wildman–Crippen MR) is 121 cm³/mol. The summed E-state index contributed by atoms with van der Waals surface area (Å²) in [5, 5.41) is 6.47. The second kappa shape index (κ2) is 8.23. The summed E-state index contributed by atoms with van der Waals surface area (Å²) in [5.74, 6) is -0.272. The van der Waals surface area contributed by atoms with Crippen molar-refractivity contribution in [3.63, 3.8) is 0 Å². The number of urea groups is 1. The van der Waals surface area contributed by atoms with Crippen LogP contribution in [0.15, 0.2) is 53.9 Å². The molecule has 0 unspecified atom stereocenters. The first-order valence-electron chi connectivity index (χ1n) is 10.6. The molecule has 2 fully saturated rings. The molecule has 164 valence electrons. The fourth-order valence-corrected chi connectivity index (χ4v) is 5.07.